The number of thiophene rings is 1. The predicted octanol–water partition coefficient (Wildman–Crippen LogP) is 2.90. The Morgan fingerprint density at radius 2 is 2.50 bits per heavy atom. The van der Waals surface area contributed by atoms with Crippen molar-refractivity contribution in [1.82, 2.24) is 20.1 Å². The van der Waals surface area contributed by atoms with Gasteiger partial charge in [-0.25, -0.2) is 0 Å². The van der Waals surface area contributed by atoms with Crippen molar-refractivity contribution in [2.75, 3.05) is 6.61 Å². The van der Waals surface area contributed by atoms with E-state index in [-0.39, 0.29) is 24.0 Å². The minimum atomic E-state index is -0.475. The van der Waals surface area contributed by atoms with Crippen molar-refractivity contribution in [3.8, 4) is 10.7 Å². The van der Waals surface area contributed by atoms with E-state index in [4.69, 9.17) is 12.2 Å². The summed E-state index contributed by atoms with van der Waals surface area (Å²) in [6.45, 7) is 3.93. The Balaban J connectivity index is 1.82. The summed E-state index contributed by atoms with van der Waals surface area (Å²) in [5.74, 6) is 0.575. The molecule has 24 heavy (non-hydrogen) atoms. The van der Waals surface area contributed by atoms with E-state index in [0.29, 0.717) is 10.6 Å². The molecule has 8 heteroatoms. The highest BCUT2D eigenvalue weighted by Gasteiger charge is 2.39. The summed E-state index contributed by atoms with van der Waals surface area (Å²) >= 11 is 6.88. The van der Waals surface area contributed by atoms with Crippen LogP contribution in [0.1, 0.15) is 39.2 Å². The van der Waals surface area contributed by atoms with Crippen LogP contribution < -0.4 is 5.32 Å². The summed E-state index contributed by atoms with van der Waals surface area (Å²) in [6, 6.07) is 3.41. The van der Waals surface area contributed by atoms with E-state index in [1.54, 1.807) is 15.9 Å². The van der Waals surface area contributed by atoms with Gasteiger partial charge in [0, 0.05) is 11.5 Å². The van der Waals surface area contributed by atoms with Crippen molar-refractivity contribution < 1.29 is 9.90 Å². The minimum absolute atomic E-state index is 0.0105. The van der Waals surface area contributed by atoms with E-state index in [2.05, 4.69) is 15.5 Å². The zero-order valence-electron chi connectivity index (χ0n) is 13.8. The Kier molecular flexibility index (Phi) is 4.89. The first kappa shape index (κ1) is 17.3. The Labute approximate surface area is 149 Å². The van der Waals surface area contributed by atoms with E-state index in [9.17, 15) is 9.90 Å². The fraction of sp³-hybridized carbons (Fsp3) is 0.562. The smallest absolute Gasteiger partial charge is 0.243 e. The third-order valence-corrected chi connectivity index (χ3v) is 6.13. The maximum absolute atomic E-state index is 12.8. The topological polar surface area (TPSA) is 82.9 Å². The van der Waals surface area contributed by atoms with Gasteiger partial charge in [0.2, 0.25) is 5.91 Å². The van der Waals surface area contributed by atoms with Gasteiger partial charge in [0.15, 0.2) is 10.6 Å². The number of rotatable bonds is 5. The van der Waals surface area contributed by atoms with Crippen LogP contribution in [-0.2, 0) is 4.79 Å². The number of hydrogen-bond acceptors (Lipinski definition) is 5. The number of carbonyl (C=O) groups excluding carboxylic acids is 1. The average Bonchev–Trinajstić information content (AvgIpc) is 3.28. The van der Waals surface area contributed by atoms with E-state index in [0.717, 1.165) is 24.1 Å². The summed E-state index contributed by atoms with van der Waals surface area (Å²) in [5, 5.41) is 21.8. The highest BCUT2D eigenvalue weighted by atomic mass is 32.1. The Bertz CT molecular complexity index is 767. The minimum Gasteiger partial charge on any atom is -0.396 e. The van der Waals surface area contributed by atoms with E-state index in [1.165, 1.54) is 0 Å². The molecule has 1 saturated carbocycles. The lowest BCUT2D eigenvalue weighted by molar-refractivity contribution is -0.125. The lowest BCUT2D eigenvalue weighted by Gasteiger charge is -2.31. The number of amides is 1. The van der Waals surface area contributed by atoms with Gasteiger partial charge in [0.1, 0.15) is 6.04 Å². The highest BCUT2D eigenvalue weighted by Crippen LogP contribution is 2.37. The molecule has 1 amide bonds. The second-order valence-corrected chi connectivity index (χ2v) is 7.98. The number of nitrogens with one attached hydrogen (secondary N) is 2. The molecule has 2 aromatic rings. The Morgan fingerprint density at radius 1 is 1.71 bits per heavy atom. The number of aliphatic hydroxyl groups excluding tert-OH is 1. The van der Waals surface area contributed by atoms with Gasteiger partial charge in [-0.2, -0.15) is 5.10 Å². The second-order valence-electron chi connectivity index (χ2n) is 6.64. The van der Waals surface area contributed by atoms with E-state index < -0.39 is 6.04 Å². The van der Waals surface area contributed by atoms with Gasteiger partial charge in [-0.15, -0.1) is 11.3 Å². The van der Waals surface area contributed by atoms with Gasteiger partial charge in [-0.3, -0.25) is 14.5 Å². The summed E-state index contributed by atoms with van der Waals surface area (Å²) in [6.07, 6.45) is 2.83. The maximum Gasteiger partial charge on any atom is 0.243 e. The number of aliphatic hydroxyl groups is 1. The van der Waals surface area contributed by atoms with Crippen molar-refractivity contribution in [3.05, 3.63) is 22.3 Å². The number of aromatic amines is 1. The zero-order chi connectivity index (χ0) is 17.3. The number of aromatic nitrogens is 3. The first-order valence-corrected chi connectivity index (χ1v) is 9.37. The van der Waals surface area contributed by atoms with Crippen LogP contribution in [0.3, 0.4) is 0 Å². The van der Waals surface area contributed by atoms with Crippen LogP contribution in [0.5, 0.6) is 0 Å². The standard InChI is InChI=1S/C16H22N4O2S2/c1-10(14(22)17-12-6-3-7-16(12,2)9-21)20-13(18-19-15(20)23)11-5-4-8-24-11/h4-5,8,10,12,21H,3,6-7,9H2,1-2H3,(H,17,22)(H,19,23)/t10-,12+,16+/m1/s1. The molecular formula is C16H22N4O2S2. The van der Waals surface area contributed by atoms with Crippen LogP contribution in [0.2, 0.25) is 0 Å². The van der Waals surface area contributed by atoms with Gasteiger partial charge in [-0.1, -0.05) is 19.4 Å². The lowest BCUT2D eigenvalue weighted by Crippen LogP contribution is -2.46. The molecule has 2 aromatic heterocycles. The quantitative estimate of drug-likeness (QED) is 0.711. The molecule has 3 N–H and O–H groups in total. The molecule has 3 rings (SSSR count). The molecule has 3 atom stereocenters. The van der Waals surface area contributed by atoms with Gasteiger partial charge in [-0.05, 0) is 43.4 Å². The van der Waals surface area contributed by atoms with Crippen LogP contribution in [-0.4, -0.2) is 38.4 Å². The van der Waals surface area contributed by atoms with Gasteiger partial charge < -0.3 is 10.4 Å². The molecule has 1 aliphatic rings. The Hall–Kier alpha value is -1.51. The van der Waals surface area contributed by atoms with Crippen LogP contribution in [0.25, 0.3) is 10.7 Å². The summed E-state index contributed by atoms with van der Waals surface area (Å²) < 4.78 is 2.18. The molecule has 0 radical (unpaired) electrons. The summed E-state index contributed by atoms with van der Waals surface area (Å²) in [4.78, 5) is 13.7. The summed E-state index contributed by atoms with van der Waals surface area (Å²) in [5.41, 5.74) is -0.246. The molecule has 1 aliphatic carbocycles. The van der Waals surface area contributed by atoms with Crippen LogP contribution in [0.4, 0.5) is 0 Å². The fourth-order valence-corrected chi connectivity index (χ4v) is 4.32. The fourth-order valence-electron chi connectivity index (χ4n) is 3.32. The number of hydrogen-bond donors (Lipinski definition) is 3. The monoisotopic (exact) mass is 366 g/mol. The van der Waals surface area contributed by atoms with Crippen LogP contribution in [0.15, 0.2) is 17.5 Å². The Morgan fingerprint density at radius 3 is 3.17 bits per heavy atom. The average molecular weight is 367 g/mol. The van der Waals surface area contributed by atoms with Crippen molar-refractivity contribution >= 4 is 29.5 Å². The van der Waals surface area contributed by atoms with Gasteiger partial charge in [0.25, 0.3) is 0 Å². The maximum atomic E-state index is 12.8. The lowest BCUT2D eigenvalue weighted by atomic mass is 9.85. The first-order valence-electron chi connectivity index (χ1n) is 8.08. The van der Waals surface area contributed by atoms with Crippen LogP contribution >= 0.6 is 23.6 Å². The molecule has 2 heterocycles. The molecular weight excluding hydrogens is 344 g/mol. The highest BCUT2D eigenvalue weighted by molar-refractivity contribution is 7.71. The largest absolute Gasteiger partial charge is 0.396 e. The third kappa shape index (κ3) is 3.05. The van der Waals surface area contributed by atoms with Crippen molar-refractivity contribution in [1.29, 1.82) is 0 Å². The molecule has 0 aromatic carbocycles. The molecule has 0 saturated heterocycles. The van der Waals surface area contributed by atoms with Crippen molar-refractivity contribution in [3.63, 3.8) is 0 Å². The number of carbonyl (C=O) groups is 1. The molecule has 1 fully saturated rings. The molecule has 0 aliphatic heterocycles. The SMILES string of the molecule is C[C@H](C(=O)N[C@H]1CCC[C@@]1(C)CO)n1c(-c2cccs2)n[nH]c1=S. The van der Waals surface area contributed by atoms with E-state index >= 15 is 0 Å². The molecule has 0 spiro atoms. The second kappa shape index (κ2) is 6.78. The number of H-pyrrole nitrogens is 1. The van der Waals surface area contributed by atoms with E-state index in [1.807, 2.05) is 31.4 Å². The first-order chi connectivity index (χ1) is 11.5. The normalized spacial score (nSPS) is 24.9. The predicted molar refractivity (Wildman–Crippen MR) is 96.4 cm³/mol. The molecule has 6 nitrogen and oxygen atoms in total. The van der Waals surface area contributed by atoms with Gasteiger partial charge >= 0.3 is 0 Å². The van der Waals surface area contributed by atoms with Crippen LogP contribution in [0, 0.1) is 10.2 Å². The molecule has 130 valence electrons. The van der Waals surface area contributed by atoms with Crippen molar-refractivity contribution in [2.24, 2.45) is 5.41 Å². The van der Waals surface area contributed by atoms with Crippen molar-refractivity contribution in [2.45, 2.75) is 45.2 Å². The molecule has 0 unspecified atom stereocenters. The molecule has 0 bridgehead atoms. The summed E-state index contributed by atoms with van der Waals surface area (Å²) in [7, 11) is 0. The zero-order valence-corrected chi connectivity index (χ0v) is 15.4. The van der Waals surface area contributed by atoms with Gasteiger partial charge in [0.05, 0.1) is 11.5 Å². The number of nitrogens with zero attached hydrogens (tertiary/aromatic N) is 2. The third-order valence-electron chi connectivity index (χ3n) is 4.97.